The molecule has 4 nitrogen and oxygen atoms in total. The van der Waals surface area contributed by atoms with Gasteiger partial charge in [-0.05, 0) is 94.1 Å². The van der Waals surface area contributed by atoms with E-state index in [0.717, 1.165) is 24.7 Å². The van der Waals surface area contributed by atoms with E-state index in [4.69, 9.17) is 28.3 Å². The average molecular weight is 664 g/mol. The lowest BCUT2D eigenvalue weighted by Gasteiger charge is -2.36. The molecule has 0 aromatic heterocycles. The highest BCUT2D eigenvalue weighted by molar-refractivity contribution is 6.63. The van der Waals surface area contributed by atoms with Crippen LogP contribution in [0, 0.1) is 10.8 Å². The van der Waals surface area contributed by atoms with Crippen molar-refractivity contribution < 1.29 is 19.8 Å². The van der Waals surface area contributed by atoms with Crippen LogP contribution < -0.4 is 0 Å². The van der Waals surface area contributed by atoms with Crippen molar-refractivity contribution in [3.8, 4) is 0 Å². The van der Waals surface area contributed by atoms with E-state index in [1.807, 2.05) is 0 Å². The maximum atomic E-state index is 9.91. The van der Waals surface area contributed by atoms with E-state index in [1.54, 1.807) is 0 Å². The second kappa shape index (κ2) is 27.3. The van der Waals surface area contributed by atoms with Crippen LogP contribution in [0.4, 0.5) is 0 Å². The summed E-state index contributed by atoms with van der Waals surface area (Å²) in [5, 5.41) is 17.3. The molecule has 0 bridgehead atoms. The highest BCUT2D eigenvalue weighted by atomic mass is 35.5. The Kier molecular flexibility index (Phi) is 29.5. The van der Waals surface area contributed by atoms with Gasteiger partial charge in [-0.25, -0.2) is 4.79 Å². The third-order valence-electron chi connectivity index (χ3n) is 9.57. The minimum absolute atomic E-state index is 0. The number of rotatable bonds is 9. The Labute approximate surface area is 283 Å². The number of aliphatic hydroxyl groups is 1. The van der Waals surface area contributed by atoms with Crippen LogP contribution >= 0.6 is 23.2 Å². The fourth-order valence-corrected chi connectivity index (χ4v) is 6.39. The van der Waals surface area contributed by atoms with E-state index in [1.165, 1.54) is 115 Å². The molecule has 2 N–H and O–H groups in total. The third-order valence-corrected chi connectivity index (χ3v) is 10.0. The zero-order chi connectivity index (χ0) is 33.4. The molecule has 0 aliphatic heterocycles. The van der Waals surface area contributed by atoms with Crippen molar-refractivity contribution in [3.63, 3.8) is 0 Å². The predicted molar refractivity (Wildman–Crippen MR) is 195 cm³/mol. The third kappa shape index (κ3) is 25.4. The molecule has 3 aliphatic rings. The smallest absolute Gasteiger partial charge is 0.330 e. The topological polar surface area (TPSA) is 74.6 Å². The molecule has 262 valence electrons. The van der Waals surface area contributed by atoms with Crippen LogP contribution in [0.3, 0.4) is 0 Å². The summed E-state index contributed by atoms with van der Waals surface area (Å²) in [7, 11) is 0. The molecule has 0 spiro atoms. The molecule has 0 aromatic rings. The van der Waals surface area contributed by atoms with Crippen molar-refractivity contribution in [1.29, 1.82) is 0 Å². The van der Waals surface area contributed by atoms with Crippen molar-refractivity contribution in [2.45, 2.75) is 189 Å². The number of carboxylic acids is 1. The maximum absolute atomic E-state index is 9.91. The Morgan fingerprint density at radius 3 is 1.39 bits per heavy atom. The first kappa shape index (κ1) is 47.6. The van der Waals surface area contributed by atoms with Crippen LogP contribution in [-0.4, -0.2) is 32.9 Å². The standard InChI is InChI=1S/C12H22.C9H18.C8H16O.C4H6Cl2O.C4H6O2.CH4/c1-4-12(10-11(2)3)8-6-5-7-9-12;1-3-9(2)7-5-4-6-8-9;1-2-8(9)6-4-3-5-7-8;5-3-1-2-4(6)7;1-3(2)4(5)6;/h2,4-10H2,1,3H3;3-8H2,1-2H3;9H,2-7H2,1H3;1-3H2;1H2,2H3,(H,5,6);1H4. The lowest BCUT2D eigenvalue weighted by molar-refractivity contribution is -0.132. The van der Waals surface area contributed by atoms with Crippen molar-refractivity contribution in [1.82, 2.24) is 0 Å². The number of allylic oxidation sites excluding steroid dienone is 1. The predicted octanol–water partition coefficient (Wildman–Crippen LogP) is 12.8. The van der Waals surface area contributed by atoms with Gasteiger partial charge in [0.25, 0.3) is 0 Å². The van der Waals surface area contributed by atoms with Crippen LogP contribution in [0.1, 0.15) is 184 Å². The number of hydrogen-bond donors (Lipinski definition) is 2. The fourth-order valence-electron chi connectivity index (χ4n) is 6.13. The minimum atomic E-state index is -0.935. The molecule has 0 aromatic carbocycles. The van der Waals surface area contributed by atoms with E-state index in [0.29, 0.717) is 24.1 Å². The van der Waals surface area contributed by atoms with Crippen LogP contribution in [0.5, 0.6) is 0 Å². The first-order valence-electron chi connectivity index (χ1n) is 17.1. The number of carbonyl (C=O) groups is 2. The zero-order valence-electron chi connectivity index (χ0n) is 28.9. The van der Waals surface area contributed by atoms with Crippen LogP contribution in [0.15, 0.2) is 24.3 Å². The van der Waals surface area contributed by atoms with Gasteiger partial charge in [0.05, 0.1) is 5.60 Å². The summed E-state index contributed by atoms with van der Waals surface area (Å²) in [6, 6.07) is 0. The highest BCUT2D eigenvalue weighted by Gasteiger charge is 2.29. The van der Waals surface area contributed by atoms with Gasteiger partial charge in [-0.1, -0.05) is 118 Å². The Balaban J connectivity index is -0.000000485. The van der Waals surface area contributed by atoms with Gasteiger partial charge in [0.1, 0.15) is 0 Å². The molecule has 0 unspecified atom stereocenters. The summed E-state index contributed by atoms with van der Waals surface area (Å²) in [4.78, 5) is 19.5. The van der Waals surface area contributed by atoms with Crippen LogP contribution in [0.25, 0.3) is 0 Å². The number of aliphatic carboxylic acids is 1. The minimum Gasteiger partial charge on any atom is -0.478 e. The van der Waals surface area contributed by atoms with Crippen LogP contribution in [-0.2, 0) is 9.59 Å². The summed E-state index contributed by atoms with van der Waals surface area (Å²) < 4.78 is 0. The van der Waals surface area contributed by atoms with E-state index < -0.39 is 5.97 Å². The van der Waals surface area contributed by atoms with E-state index >= 15 is 0 Å². The van der Waals surface area contributed by atoms with Gasteiger partial charge < -0.3 is 10.2 Å². The van der Waals surface area contributed by atoms with E-state index in [2.05, 4.69) is 47.8 Å². The van der Waals surface area contributed by atoms with Gasteiger partial charge in [-0.3, -0.25) is 4.79 Å². The number of halogens is 2. The molecular weight excluding hydrogens is 591 g/mol. The van der Waals surface area contributed by atoms with Crippen molar-refractivity contribution in [2.24, 2.45) is 10.8 Å². The zero-order valence-corrected chi connectivity index (χ0v) is 30.4. The lowest BCUT2D eigenvalue weighted by Crippen LogP contribution is -2.29. The average Bonchev–Trinajstić information content (AvgIpc) is 2.98. The summed E-state index contributed by atoms with van der Waals surface area (Å²) in [6.45, 7) is 20.0. The van der Waals surface area contributed by atoms with Gasteiger partial charge >= 0.3 is 5.97 Å². The molecule has 0 saturated heterocycles. The summed E-state index contributed by atoms with van der Waals surface area (Å²) in [5.74, 6) is -0.423. The molecule has 3 saturated carbocycles. The number of hydrogen-bond acceptors (Lipinski definition) is 3. The van der Waals surface area contributed by atoms with E-state index in [-0.39, 0.29) is 23.8 Å². The SMILES string of the molecule is C.C=C(C)C(=O)O.C=C(C)CC1(CC)CCCCC1.CCC1(C)CCCCC1.CCC1(O)CCCCC1.O=C(Cl)CCCCl. The second-order valence-corrected chi connectivity index (χ2v) is 14.4. The van der Waals surface area contributed by atoms with Gasteiger partial charge in [0, 0.05) is 17.9 Å². The summed E-state index contributed by atoms with van der Waals surface area (Å²) >= 11 is 10.2. The Hall–Kier alpha value is -0.840. The van der Waals surface area contributed by atoms with Gasteiger partial charge in [0.2, 0.25) is 5.24 Å². The number of carbonyl (C=O) groups excluding carboxylic acids is 1. The molecule has 3 fully saturated rings. The van der Waals surface area contributed by atoms with Crippen molar-refractivity contribution in [2.75, 3.05) is 5.88 Å². The van der Waals surface area contributed by atoms with Gasteiger partial charge in [0.15, 0.2) is 0 Å². The molecule has 3 aliphatic carbocycles. The summed E-state index contributed by atoms with van der Waals surface area (Å²) in [6.07, 6.45) is 26.5. The first-order valence-corrected chi connectivity index (χ1v) is 18.0. The molecule has 6 heteroatoms. The highest BCUT2D eigenvalue weighted by Crippen LogP contribution is 2.43. The quantitative estimate of drug-likeness (QED) is 0.111. The van der Waals surface area contributed by atoms with Gasteiger partial charge in [-0.15, -0.1) is 18.2 Å². The van der Waals surface area contributed by atoms with Gasteiger partial charge in [-0.2, -0.15) is 0 Å². The Morgan fingerprint density at radius 1 is 0.750 bits per heavy atom. The fraction of sp³-hybridized carbons (Fsp3) is 0.842. The van der Waals surface area contributed by atoms with E-state index in [9.17, 15) is 14.7 Å². The normalized spacial score (nSPS) is 19.1. The molecule has 0 radical (unpaired) electrons. The number of carboxylic acid groups (broad SMARTS) is 1. The van der Waals surface area contributed by atoms with Crippen molar-refractivity contribution in [3.05, 3.63) is 24.3 Å². The molecule has 0 amide bonds. The summed E-state index contributed by atoms with van der Waals surface area (Å²) in [5.41, 5.74) is 2.63. The molecular formula is C38H72Cl2O4. The maximum Gasteiger partial charge on any atom is 0.330 e. The second-order valence-electron chi connectivity index (χ2n) is 13.6. The lowest BCUT2D eigenvalue weighted by atomic mass is 9.69. The Bertz CT molecular complexity index is 723. The number of alkyl halides is 1. The molecule has 3 rings (SSSR count). The largest absolute Gasteiger partial charge is 0.478 e. The molecule has 0 heterocycles. The molecule has 0 atom stereocenters. The van der Waals surface area contributed by atoms with Crippen molar-refractivity contribution >= 4 is 34.4 Å². The molecule has 44 heavy (non-hydrogen) atoms. The monoisotopic (exact) mass is 662 g/mol. The Morgan fingerprint density at radius 2 is 1.16 bits per heavy atom. The first-order chi connectivity index (χ1) is 20.1. The van der Waals surface area contributed by atoms with Crippen LogP contribution in [0.2, 0.25) is 0 Å².